The van der Waals surface area contributed by atoms with Crippen LogP contribution in [-0.2, 0) is 0 Å². The standard InChI is InChI=1S/C11H23N5/c1-13-16-7-10-9(11(10)8-16)6-14-2-4-15(12)5-3-14/h9-11,13H,2-8,12H2,1H3/t9?,10-,11+. The van der Waals surface area contributed by atoms with E-state index in [4.69, 9.17) is 5.84 Å². The number of piperidine rings is 1. The Balaban J connectivity index is 1.42. The lowest BCUT2D eigenvalue weighted by Gasteiger charge is -2.32. The highest BCUT2D eigenvalue weighted by Gasteiger charge is 2.55. The summed E-state index contributed by atoms with van der Waals surface area (Å²) in [7, 11) is 2.03. The van der Waals surface area contributed by atoms with E-state index in [1.54, 1.807) is 0 Å². The van der Waals surface area contributed by atoms with Crippen molar-refractivity contribution in [3.63, 3.8) is 0 Å². The van der Waals surface area contributed by atoms with Crippen molar-refractivity contribution in [3.05, 3.63) is 0 Å². The Bertz CT molecular complexity index is 239. The molecule has 3 rings (SSSR count). The fourth-order valence-corrected chi connectivity index (χ4v) is 3.35. The third-order valence-corrected chi connectivity index (χ3v) is 4.56. The van der Waals surface area contributed by atoms with E-state index in [2.05, 4.69) is 15.3 Å². The van der Waals surface area contributed by atoms with Crippen LogP contribution in [0.5, 0.6) is 0 Å². The molecule has 0 aromatic rings. The largest absolute Gasteiger partial charge is 0.300 e. The number of hydrazine groups is 2. The van der Waals surface area contributed by atoms with Crippen molar-refractivity contribution >= 4 is 0 Å². The lowest BCUT2D eigenvalue weighted by Crippen LogP contribution is -2.50. The number of nitrogens with zero attached hydrogens (tertiary/aromatic N) is 3. The molecule has 1 aliphatic carbocycles. The fourth-order valence-electron chi connectivity index (χ4n) is 3.35. The van der Waals surface area contributed by atoms with Crippen LogP contribution in [0.25, 0.3) is 0 Å². The summed E-state index contributed by atoms with van der Waals surface area (Å²) in [5.74, 6) is 8.65. The van der Waals surface area contributed by atoms with E-state index >= 15 is 0 Å². The van der Waals surface area contributed by atoms with Crippen molar-refractivity contribution in [2.75, 3.05) is 52.9 Å². The van der Waals surface area contributed by atoms with Gasteiger partial charge in [-0.25, -0.2) is 10.0 Å². The molecule has 0 aromatic heterocycles. The molecule has 1 unspecified atom stereocenters. The number of rotatable bonds is 3. The second kappa shape index (κ2) is 4.23. The van der Waals surface area contributed by atoms with Crippen molar-refractivity contribution in [2.45, 2.75) is 0 Å². The van der Waals surface area contributed by atoms with Crippen LogP contribution >= 0.6 is 0 Å². The molecule has 2 heterocycles. The van der Waals surface area contributed by atoms with Crippen LogP contribution in [0.2, 0.25) is 0 Å². The highest BCUT2D eigenvalue weighted by atomic mass is 15.5. The van der Waals surface area contributed by atoms with Gasteiger partial charge in [-0.15, -0.1) is 0 Å². The molecule has 3 aliphatic rings. The number of fused-ring (bicyclic) bond motifs is 1. The molecular weight excluding hydrogens is 202 g/mol. The van der Waals surface area contributed by atoms with Gasteiger partial charge in [0.2, 0.25) is 0 Å². The molecule has 3 atom stereocenters. The molecule has 16 heavy (non-hydrogen) atoms. The summed E-state index contributed by atoms with van der Waals surface area (Å²) in [5.41, 5.74) is 3.25. The average molecular weight is 225 g/mol. The lowest BCUT2D eigenvalue weighted by atomic mass is 10.2. The lowest BCUT2D eigenvalue weighted by molar-refractivity contribution is 0.120. The van der Waals surface area contributed by atoms with E-state index in [9.17, 15) is 0 Å². The predicted molar refractivity (Wildman–Crippen MR) is 63.3 cm³/mol. The Morgan fingerprint density at radius 3 is 2.31 bits per heavy atom. The maximum Gasteiger partial charge on any atom is 0.0257 e. The molecule has 0 spiro atoms. The summed E-state index contributed by atoms with van der Waals surface area (Å²) in [5, 5.41) is 4.29. The minimum Gasteiger partial charge on any atom is -0.300 e. The Hall–Kier alpha value is -0.200. The van der Waals surface area contributed by atoms with Crippen LogP contribution in [0.3, 0.4) is 0 Å². The summed E-state index contributed by atoms with van der Waals surface area (Å²) in [6, 6.07) is 0. The van der Waals surface area contributed by atoms with Gasteiger partial charge in [0.05, 0.1) is 0 Å². The first-order valence-electron chi connectivity index (χ1n) is 6.42. The predicted octanol–water partition coefficient (Wildman–Crippen LogP) is -1.21. The summed E-state index contributed by atoms with van der Waals surface area (Å²) in [4.78, 5) is 2.59. The number of nitrogens with two attached hydrogens (primary N) is 1. The molecule has 3 N–H and O–H groups in total. The average Bonchev–Trinajstić information content (AvgIpc) is 2.77. The van der Waals surface area contributed by atoms with Gasteiger partial charge in [-0.2, -0.15) is 0 Å². The van der Waals surface area contributed by atoms with Gasteiger partial charge in [-0.3, -0.25) is 11.3 Å². The maximum atomic E-state index is 5.76. The molecule has 5 heteroatoms. The monoisotopic (exact) mass is 225 g/mol. The van der Waals surface area contributed by atoms with Gasteiger partial charge in [-0.1, -0.05) is 0 Å². The minimum atomic E-state index is 0.961. The van der Waals surface area contributed by atoms with Crippen LogP contribution < -0.4 is 11.3 Å². The molecule has 2 saturated heterocycles. The number of hydrogen-bond donors (Lipinski definition) is 2. The van der Waals surface area contributed by atoms with Gasteiger partial charge in [0.15, 0.2) is 0 Å². The first-order valence-corrected chi connectivity index (χ1v) is 6.42. The highest BCUT2D eigenvalue weighted by molar-refractivity contribution is 5.05. The molecule has 3 fully saturated rings. The smallest absolute Gasteiger partial charge is 0.0257 e. The first kappa shape index (κ1) is 10.9. The molecule has 92 valence electrons. The summed E-state index contributed by atoms with van der Waals surface area (Å²) >= 11 is 0. The van der Waals surface area contributed by atoms with Gasteiger partial charge in [0, 0.05) is 45.8 Å². The zero-order chi connectivity index (χ0) is 11.1. The number of piperazine rings is 1. The third-order valence-electron chi connectivity index (χ3n) is 4.56. The molecule has 0 bridgehead atoms. The zero-order valence-electron chi connectivity index (χ0n) is 10.1. The van der Waals surface area contributed by atoms with Crippen molar-refractivity contribution in [1.29, 1.82) is 0 Å². The molecule has 1 saturated carbocycles. The van der Waals surface area contributed by atoms with Gasteiger partial charge in [-0.05, 0) is 24.8 Å². The normalized spacial score (nSPS) is 41.2. The van der Waals surface area contributed by atoms with E-state index < -0.39 is 0 Å². The van der Waals surface area contributed by atoms with Crippen molar-refractivity contribution < 1.29 is 0 Å². The molecule has 0 aromatic carbocycles. The van der Waals surface area contributed by atoms with E-state index in [0.29, 0.717) is 0 Å². The molecular formula is C11H23N5. The van der Waals surface area contributed by atoms with Crippen LogP contribution in [0.1, 0.15) is 0 Å². The fraction of sp³-hybridized carbons (Fsp3) is 1.00. The quantitative estimate of drug-likeness (QED) is 0.590. The Labute approximate surface area is 97.5 Å². The Kier molecular flexibility index (Phi) is 2.89. The maximum absolute atomic E-state index is 5.76. The third kappa shape index (κ3) is 1.98. The Morgan fingerprint density at radius 1 is 1.12 bits per heavy atom. The van der Waals surface area contributed by atoms with Crippen molar-refractivity contribution in [3.8, 4) is 0 Å². The van der Waals surface area contributed by atoms with Gasteiger partial charge in [0.1, 0.15) is 0 Å². The highest BCUT2D eigenvalue weighted by Crippen LogP contribution is 2.51. The summed E-state index contributed by atoms with van der Waals surface area (Å²) in [6.45, 7) is 8.19. The van der Waals surface area contributed by atoms with E-state index in [0.717, 1.165) is 43.9 Å². The van der Waals surface area contributed by atoms with Crippen LogP contribution in [0.4, 0.5) is 0 Å². The molecule has 0 radical (unpaired) electrons. The second-order valence-corrected chi connectivity index (χ2v) is 5.46. The second-order valence-electron chi connectivity index (χ2n) is 5.46. The van der Waals surface area contributed by atoms with Crippen LogP contribution in [0.15, 0.2) is 0 Å². The van der Waals surface area contributed by atoms with Gasteiger partial charge < -0.3 is 4.90 Å². The minimum absolute atomic E-state index is 0.961. The molecule has 5 nitrogen and oxygen atoms in total. The van der Waals surface area contributed by atoms with Gasteiger partial charge >= 0.3 is 0 Å². The van der Waals surface area contributed by atoms with Crippen molar-refractivity contribution in [2.24, 2.45) is 23.6 Å². The summed E-state index contributed by atoms with van der Waals surface area (Å²) < 4.78 is 0. The van der Waals surface area contributed by atoms with Crippen LogP contribution in [-0.4, -0.2) is 67.8 Å². The first-order chi connectivity index (χ1) is 7.78. The van der Waals surface area contributed by atoms with E-state index in [1.807, 2.05) is 12.1 Å². The zero-order valence-corrected chi connectivity index (χ0v) is 10.1. The van der Waals surface area contributed by atoms with Gasteiger partial charge in [0.25, 0.3) is 0 Å². The molecule has 0 amide bonds. The summed E-state index contributed by atoms with van der Waals surface area (Å²) in [6.07, 6.45) is 0. The number of nitrogens with one attached hydrogen (secondary N) is 1. The number of hydrogen-bond acceptors (Lipinski definition) is 5. The van der Waals surface area contributed by atoms with E-state index in [-0.39, 0.29) is 0 Å². The Morgan fingerprint density at radius 2 is 1.75 bits per heavy atom. The van der Waals surface area contributed by atoms with Crippen LogP contribution in [0, 0.1) is 17.8 Å². The SMILES string of the molecule is CNN1C[C@@H]2C(CN3CCN(N)CC3)[C@@H]2C1. The molecule has 2 aliphatic heterocycles. The van der Waals surface area contributed by atoms with Crippen molar-refractivity contribution in [1.82, 2.24) is 20.3 Å². The van der Waals surface area contributed by atoms with E-state index in [1.165, 1.54) is 19.6 Å². The topological polar surface area (TPSA) is 47.8 Å².